The Kier molecular flexibility index (Phi) is 7.50. The van der Waals surface area contributed by atoms with E-state index in [2.05, 4.69) is 0 Å². The predicted octanol–water partition coefficient (Wildman–Crippen LogP) is 2.77. The normalized spacial score (nSPS) is 14.3. The average molecular weight is 494 g/mol. The first-order chi connectivity index (χ1) is 15.5. The van der Waals surface area contributed by atoms with Crippen LogP contribution in [0, 0.1) is 6.92 Å². The molecule has 0 aliphatic carbocycles. The van der Waals surface area contributed by atoms with Crippen LogP contribution in [-0.2, 0) is 31.3 Å². The number of anilines is 2. The number of benzene rings is 2. The van der Waals surface area contributed by atoms with E-state index in [9.17, 15) is 21.6 Å². The number of carbonyl (C=O) groups excluding carboxylic acids is 1. The molecule has 0 bridgehead atoms. The third-order valence-corrected chi connectivity index (χ3v) is 9.05. The van der Waals surface area contributed by atoms with Gasteiger partial charge in [0.25, 0.3) is 0 Å². The molecule has 8 nitrogen and oxygen atoms in total. The molecule has 0 spiro atoms. The van der Waals surface area contributed by atoms with Gasteiger partial charge in [-0.1, -0.05) is 32.0 Å². The van der Waals surface area contributed by atoms with Gasteiger partial charge in [0.15, 0.2) is 0 Å². The number of rotatable bonds is 8. The van der Waals surface area contributed by atoms with E-state index in [-0.39, 0.29) is 17.3 Å². The second-order valence-corrected chi connectivity index (χ2v) is 11.9. The maximum Gasteiger partial charge on any atom is 0.247 e. The molecule has 10 heteroatoms. The second-order valence-electron chi connectivity index (χ2n) is 8.08. The van der Waals surface area contributed by atoms with Crippen molar-refractivity contribution in [2.45, 2.75) is 38.5 Å². The minimum atomic E-state index is -3.69. The van der Waals surface area contributed by atoms with Crippen LogP contribution in [0.1, 0.15) is 31.4 Å². The summed E-state index contributed by atoms with van der Waals surface area (Å²) in [4.78, 5) is 15.0. The monoisotopic (exact) mass is 493 g/mol. The molecule has 2 aromatic rings. The van der Waals surface area contributed by atoms with Gasteiger partial charge in [0.2, 0.25) is 26.0 Å². The van der Waals surface area contributed by atoms with Gasteiger partial charge in [0.05, 0.1) is 16.8 Å². The lowest BCUT2D eigenvalue weighted by Gasteiger charge is -2.32. The number of aryl methyl sites for hydroxylation is 2. The number of sulfonamides is 2. The summed E-state index contributed by atoms with van der Waals surface area (Å²) in [5, 5.41) is 0. The summed E-state index contributed by atoms with van der Waals surface area (Å²) in [5.41, 5.74) is 2.61. The van der Waals surface area contributed by atoms with Crippen LogP contribution in [0.5, 0.6) is 0 Å². The zero-order valence-electron chi connectivity index (χ0n) is 19.5. The second kappa shape index (κ2) is 9.82. The Morgan fingerprint density at radius 1 is 1.03 bits per heavy atom. The Hall–Kier alpha value is -2.43. The van der Waals surface area contributed by atoms with Crippen LogP contribution in [0.15, 0.2) is 47.4 Å². The number of para-hydroxylation sites is 1. The van der Waals surface area contributed by atoms with Crippen molar-refractivity contribution in [3.63, 3.8) is 0 Å². The van der Waals surface area contributed by atoms with E-state index in [4.69, 9.17) is 0 Å². The van der Waals surface area contributed by atoms with Gasteiger partial charge in [-0.25, -0.2) is 16.8 Å². The molecule has 0 saturated heterocycles. The number of nitrogens with zero attached hydrogens (tertiary/aromatic N) is 3. The Bertz CT molecular complexity index is 1240. The topological polar surface area (TPSA) is 95.1 Å². The highest BCUT2D eigenvalue weighted by Crippen LogP contribution is 2.31. The van der Waals surface area contributed by atoms with Crippen molar-refractivity contribution in [2.75, 3.05) is 41.6 Å². The van der Waals surface area contributed by atoms with Gasteiger partial charge in [-0.15, -0.1) is 0 Å². The lowest BCUT2D eigenvalue weighted by atomic mass is 10.0. The van der Waals surface area contributed by atoms with E-state index in [0.29, 0.717) is 43.9 Å². The molecule has 0 radical (unpaired) electrons. The first-order valence-corrected chi connectivity index (χ1v) is 14.3. The first kappa shape index (κ1) is 25.2. The molecular formula is C23H31N3O5S2. The molecule has 33 heavy (non-hydrogen) atoms. The summed E-state index contributed by atoms with van der Waals surface area (Å²) in [6.07, 6.45) is 2.40. The van der Waals surface area contributed by atoms with Crippen molar-refractivity contribution in [1.82, 2.24) is 4.31 Å². The smallest absolute Gasteiger partial charge is 0.247 e. The summed E-state index contributed by atoms with van der Waals surface area (Å²) in [5.74, 6) is -0.357. The van der Waals surface area contributed by atoms with Crippen molar-refractivity contribution in [1.29, 1.82) is 0 Å². The number of amides is 1. The van der Waals surface area contributed by atoms with Gasteiger partial charge in [-0.05, 0) is 55.2 Å². The van der Waals surface area contributed by atoms with Crippen molar-refractivity contribution in [2.24, 2.45) is 0 Å². The lowest BCUT2D eigenvalue weighted by Crippen LogP contribution is -2.45. The fourth-order valence-corrected chi connectivity index (χ4v) is 6.55. The number of hydrogen-bond acceptors (Lipinski definition) is 5. The molecule has 0 unspecified atom stereocenters. The molecule has 3 rings (SSSR count). The molecule has 2 aromatic carbocycles. The third-order valence-electron chi connectivity index (χ3n) is 5.88. The minimum absolute atomic E-state index is 0.205. The van der Waals surface area contributed by atoms with Crippen molar-refractivity contribution >= 4 is 37.3 Å². The molecule has 0 N–H and O–H groups in total. The highest BCUT2D eigenvalue weighted by Gasteiger charge is 2.30. The van der Waals surface area contributed by atoms with E-state index in [1.165, 1.54) is 10.4 Å². The number of hydrogen-bond donors (Lipinski definition) is 0. The molecular weight excluding hydrogens is 462 g/mol. The van der Waals surface area contributed by atoms with Crippen LogP contribution in [0.25, 0.3) is 0 Å². The Morgan fingerprint density at radius 3 is 2.30 bits per heavy atom. The molecule has 0 saturated carbocycles. The van der Waals surface area contributed by atoms with Gasteiger partial charge in [0.1, 0.15) is 6.54 Å². The Balaban J connectivity index is 1.93. The highest BCUT2D eigenvalue weighted by atomic mass is 32.2. The van der Waals surface area contributed by atoms with Crippen molar-refractivity contribution in [3.05, 3.63) is 53.6 Å². The Labute approximate surface area is 196 Å². The van der Waals surface area contributed by atoms with Crippen LogP contribution < -0.4 is 9.21 Å². The van der Waals surface area contributed by atoms with E-state index in [1.807, 2.05) is 6.07 Å². The molecule has 0 fully saturated rings. The first-order valence-electron chi connectivity index (χ1n) is 11.0. The van der Waals surface area contributed by atoms with Crippen LogP contribution in [0.4, 0.5) is 11.4 Å². The lowest BCUT2D eigenvalue weighted by molar-refractivity contribution is -0.117. The quantitative estimate of drug-likeness (QED) is 0.564. The van der Waals surface area contributed by atoms with Gasteiger partial charge >= 0.3 is 0 Å². The molecule has 1 amide bonds. The minimum Gasteiger partial charge on any atom is -0.311 e. The summed E-state index contributed by atoms with van der Waals surface area (Å²) in [6, 6.07) is 11.8. The van der Waals surface area contributed by atoms with Crippen LogP contribution in [0.2, 0.25) is 0 Å². The van der Waals surface area contributed by atoms with Gasteiger partial charge < -0.3 is 4.90 Å². The zero-order valence-corrected chi connectivity index (χ0v) is 21.1. The summed E-state index contributed by atoms with van der Waals surface area (Å²) in [7, 11) is -7.30. The standard InChI is InChI=1S/C23H31N3O5S2/c1-5-24(6-2)33(30,31)20-13-14-22-19(16-20)11-9-15-25(22)23(27)17-26(32(4,28)29)21-12-8-7-10-18(21)3/h7-8,10,12-14,16H,5-6,9,11,15,17H2,1-4H3. The SMILES string of the molecule is CCN(CC)S(=O)(=O)c1ccc2c(c1)CCCN2C(=O)CN(c1ccccc1C)S(C)(=O)=O. The molecule has 0 atom stereocenters. The Morgan fingerprint density at radius 2 is 1.70 bits per heavy atom. The van der Waals surface area contributed by atoms with E-state index < -0.39 is 20.0 Å². The summed E-state index contributed by atoms with van der Waals surface area (Å²) in [6.45, 7) is 6.25. The van der Waals surface area contributed by atoms with Crippen LogP contribution in [-0.4, -0.2) is 59.5 Å². The highest BCUT2D eigenvalue weighted by molar-refractivity contribution is 7.92. The zero-order chi connectivity index (χ0) is 24.4. The molecule has 1 heterocycles. The van der Waals surface area contributed by atoms with Gasteiger partial charge in [-0.3, -0.25) is 9.10 Å². The average Bonchev–Trinajstić information content (AvgIpc) is 2.77. The van der Waals surface area contributed by atoms with Crippen molar-refractivity contribution in [3.8, 4) is 0 Å². The summed E-state index contributed by atoms with van der Waals surface area (Å²) < 4.78 is 53.4. The van der Waals surface area contributed by atoms with E-state index >= 15 is 0 Å². The van der Waals surface area contributed by atoms with Crippen molar-refractivity contribution < 1.29 is 21.6 Å². The molecule has 1 aliphatic heterocycles. The van der Waals surface area contributed by atoms with Crippen LogP contribution >= 0.6 is 0 Å². The number of carbonyl (C=O) groups is 1. The third kappa shape index (κ3) is 5.23. The molecule has 0 aromatic heterocycles. The maximum absolute atomic E-state index is 13.3. The van der Waals surface area contributed by atoms with Gasteiger partial charge in [-0.2, -0.15) is 4.31 Å². The fraction of sp³-hybridized carbons (Fsp3) is 0.435. The predicted molar refractivity (Wildman–Crippen MR) is 131 cm³/mol. The van der Waals surface area contributed by atoms with E-state index in [0.717, 1.165) is 21.7 Å². The fourth-order valence-electron chi connectivity index (χ4n) is 4.14. The largest absolute Gasteiger partial charge is 0.311 e. The number of fused-ring (bicyclic) bond motifs is 1. The van der Waals surface area contributed by atoms with Crippen LogP contribution in [0.3, 0.4) is 0 Å². The van der Waals surface area contributed by atoms with Gasteiger partial charge in [0, 0.05) is 25.3 Å². The van der Waals surface area contributed by atoms with E-state index in [1.54, 1.807) is 56.0 Å². The molecule has 180 valence electrons. The summed E-state index contributed by atoms with van der Waals surface area (Å²) >= 11 is 0. The molecule has 1 aliphatic rings. The maximum atomic E-state index is 13.3.